The lowest BCUT2D eigenvalue weighted by Crippen LogP contribution is -2.11. The quantitative estimate of drug-likeness (QED) is 0.759. The lowest BCUT2D eigenvalue weighted by atomic mass is 10.1. The number of rotatable bonds is 6. The van der Waals surface area contributed by atoms with Gasteiger partial charge in [-0.2, -0.15) is 0 Å². The van der Waals surface area contributed by atoms with Crippen molar-refractivity contribution in [3.05, 3.63) is 65.2 Å². The van der Waals surface area contributed by atoms with Crippen LogP contribution in [0.1, 0.15) is 26.3 Å². The Bertz CT molecular complexity index is 653. The minimum atomic E-state index is -1.09. The second-order valence-corrected chi connectivity index (χ2v) is 4.53. The van der Waals surface area contributed by atoms with E-state index in [1.165, 1.54) is 18.2 Å². The molecule has 21 heavy (non-hydrogen) atoms. The molecule has 2 rings (SSSR count). The molecule has 0 bridgehead atoms. The summed E-state index contributed by atoms with van der Waals surface area (Å²) in [6.07, 6.45) is 0.719. The van der Waals surface area contributed by atoms with Gasteiger partial charge < -0.3 is 15.5 Å². The first-order valence-corrected chi connectivity index (χ1v) is 6.46. The smallest absolute Gasteiger partial charge is 0.337 e. The molecular formula is C16H15NO4. The van der Waals surface area contributed by atoms with Crippen molar-refractivity contribution in [1.29, 1.82) is 0 Å². The van der Waals surface area contributed by atoms with E-state index in [1.807, 2.05) is 30.3 Å². The van der Waals surface area contributed by atoms with Gasteiger partial charge in [0.1, 0.15) is 0 Å². The topological polar surface area (TPSA) is 86.6 Å². The SMILES string of the molecule is O=C(O)c1ccc(C(=O)O)c(NCCc2ccccc2)c1. The van der Waals surface area contributed by atoms with Crippen molar-refractivity contribution in [3.63, 3.8) is 0 Å². The highest BCUT2D eigenvalue weighted by Crippen LogP contribution is 2.18. The Balaban J connectivity index is 2.12. The first kappa shape index (κ1) is 14.6. The summed E-state index contributed by atoms with van der Waals surface area (Å²) in [5.41, 5.74) is 1.56. The van der Waals surface area contributed by atoms with Gasteiger partial charge in [0.2, 0.25) is 0 Å². The third-order valence-electron chi connectivity index (χ3n) is 3.07. The number of anilines is 1. The number of nitrogens with one attached hydrogen (secondary N) is 1. The molecule has 3 N–H and O–H groups in total. The Labute approximate surface area is 121 Å². The number of carbonyl (C=O) groups is 2. The molecule has 5 nitrogen and oxygen atoms in total. The van der Waals surface area contributed by atoms with Gasteiger partial charge in [-0.05, 0) is 30.2 Å². The fraction of sp³-hybridized carbons (Fsp3) is 0.125. The first-order chi connectivity index (χ1) is 10.1. The van der Waals surface area contributed by atoms with E-state index in [1.54, 1.807) is 0 Å². The van der Waals surface area contributed by atoms with E-state index in [2.05, 4.69) is 5.32 Å². The molecule has 0 atom stereocenters. The summed E-state index contributed by atoms with van der Waals surface area (Å²) in [5.74, 6) is -2.17. The van der Waals surface area contributed by atoms with Crippen molar-refractivity contribution in [3.8, 4) is 0 Å². The maximum atomic E-state index is 11.1. The van der Waals surface area contributed by atoms with Gasteiger partial charge in [-0.3, -0.25) is 0 Å². The van der Waals surface area contributed by atoms with Crippen molar-refractivity contribution in [2.75, 3.05) is 11.9 Å². The molecule has 0 radical (unpaired) electrons. The highest BCUT2D eigenvalue weighted by Gasteiger charge is 2.13. The molecule has 0 amide bonds. The molecule has 0 saturated heterocycles. The molecule has 0 fully saturated rings. The largest absolute Gasteiger partial charge is 0.478 e. The number of benzene rings is 2. The molecule has 2 aromatic carbocycles. The number of carboxylic acid groups (broad SMARTS) is 2. The number of aromatic carboxylic acids is 2. The second kappa shape index (κ2) is 6.56. The summed E-state index contributed by atoms with van der Waals surface area (Å²) in [7, 11) is 0. The Hall–Kier alpha value is -2.82. The van der Waals surface area contributed by atoms with E-state index < -0.39 is 11.9 Å². The molecule has 0 unspecified atom stereocenters. The van der Waals surface area contributed by atoms with Crippen molar-refractivity contribution in [1.82, 2.24) is 0 Å². The Morgan fingerprint density at radius 1 is 0.952 bits per heavy atom. The van der Waals surface area contributed by atoms with E-state index in [0.717, 1.165) is 12.0 Å². The Morgan fingerprint density at radius 2 is 1.67 bits per heavy atom. The summed E-state index contributed by atoms with van der Waals surface area (Å²) >= 11 is 0. The van der Waals surface area contributed by atoms with Crippen LogP contribution in [0, 0.1) is 0 Å². The third kappa shape index (κ3) is 3.82. The summed E-state index contributed by atoms with van der Waals surface area (Å²) in [4.78, 5) is 22.1. The molecule has 0 saturated carbocycles. The van der Waals surface area contributed by atoms with Gasteiger partial charge in [0.25, 0.3) is 0 Å². The molecule has 0 spiro atoms. The Morgan fingerprint density at radius 3 is 2.29 bits per heavy atom. The minimum absolute atomic E-state index is 0.0576. The van der Waals surface area contributed by atoms with Gasteiger partial charge in [0.05, 0.1) is 11.1 Å². The second-order valence-electron chi connectivity index (χ2n) is 4.53. The molecular weight excluding hydrogens is 270 g/mol. The van der Waals surface area contributed by atoms with Crippen molar-refractivity contribution >= 4 is 17.6 Å². The fourth-order valence-electron chi connectivity index (χ4n) is 2.00. The lowest BCUT2D eigenvalue weighted by Gasteiger charge is -2.10. The van der Waals surface area contributed by atoms with Gasteiger partial charge in [0, 0.05) is 12.2 Å². The zero-order valence-corrected chi connectivity index (χ0v) is 11.2. The van der Waals surface area contributed by atoms with Crippen LogP contribution in [-0.4, -0.2) is 28.7 Å². The van der Waals surface area contributed by atoms with Crippen LogP contribution in [0.3, 0.4) is 0 Å². The minimum Gasteiger partial charge on any atom is -0.478 e. The van der Waals surface area contributed by atoms with Gasteiger partial charge in [0.15, 0.2) is 0 Å². The first-order valence-electron chi connectivity index (χ1n) is 6.46. The van der Waals surface area contributed by atoms with E-state index >= 15 is 0 Å². The number of hydrogen-bond acceptors (Lipinski definition) is 3. The van der Waals surface area contributed by atoms with Gasteiger partial charge in [-0.25, -0.2) is 9.59 Å². The summed E-state index contributed by atoms with van der Waals surface area (Å²) in [6.45, 7) is 0.521. The van der Waals surface area contributed by atoms with Crippen LogP contribution in [0.5, 0.6) is 0 Å². The van der Waals surface area contributed by atoms with Gasteiger partial charge >= 0.3 is 11.9 Å². The highest BCUT2D eigenvalue weighted by atomic mass is 16.4. The van der Waals surface area contributed by atoms with Crippen LogP contribution in [0.25, 0.3) is 0 Å². The van der Waals surface area contributed by atoms with Crippen molar-refractivity contribution < 1.29 is 19.8 Å². The van der Waals surface area contributed by atoms with Crippen LogP contribution in [0.4, 0.5) is 5.69 Å². The molecule has 0 aliphatic heterocycles. The molecule has 5 heteroatoms. The van der Waals surface area contributed by atoms with Crippen LogP contribution in [0.2, 0.25) is 0 Å². The van der Waals surface area contributed by atoms with Crippen LogP contribution in [0.15, 0.2) is 48.5 Å². The van der Waals surface area contributed by atoms with Crippen LogP contribution >= 0.6 is 0 Å². The van der Waals surface area contributed by atoms with E-state index in [4.69, 9.17) is 10.2 Å². The van der Waals surface area contributed by atoms with E-state index in [0.29, 0.717) is 12.2 Å². The number of hydrogen-bond donors (Lipinski definition) is 3. The average molecular weight is 285 g/mol. The fourth-order valence-corrected chi connectivity index (χ4v) is 2.00. The lowest BCUT2D eigenvalue weighted by molar-refractivity contribution is 0.0682. The molecule has 0 heterocycles. The molecule has 108 valence electrons. The van der Waals surface area contributed by atoms with Gasteiger partial charge in [-0.15, -0.1) is 0 Å². The monoisotopic (exact) mass is 285 g/mol. The summed E-state index contributed by atoms with van der Waals surface area (Å²) in [5, 5.41) is 21.1. The molecule has 2 aromatic rings. The predicted octanol–water partition coefficient (Wildman–Crippen LogP) is 2.74. The molecule has 0 aromatic heterocycles. The standard InChI is InChI=1S/C16H15NO4/c18-15(19)12-6-7-13(16(20)21)14(10-12)17-9-8-11-4-2-1-3-5-11/h1-7,10,17H,8-9H2,(H,18,19)(H,20,21). The van der Waals surface area contributed by atoms with Crippen LogP contribution in [-0.2, 0) is 6.42 Å². The molecule has 0 aliphatic carbocycles. The van der Waals surface area contributed by atoms with Crippen LogP contribution < -0.4 is 5.32 Å². The molecule has 0 aliphatic rings. The third-order valence-corrected chi connectivity index (χ3v) is 3.07. The maximum Gasteiger partial charge on any atom is 0.337 e. The summed E-state index contributed by atoms with van der Waals surface area (Å²) in [6, 6.07) is 13.7. The van der Waals surface area contributed by atoms with Crippen molar-refractivity contribution in [2.24, 2.45) is 0 Å². The van der Waals surface area contributed by atoms with Gasteiger partial charge in [-0.1, -0.05) is 30.3 Å². The summed E-state index contributed by atoms with van der Waals surface area (Å²) < 4.78 is 0. The van der Waals surface area contributed by atoms with Crippen molar-refractivity contribution in [2.45, 2.75) is 6.42 Å². The maximum absolute atomic E-state index is 11.1. The van der Waals surface area contributed by atoms with E-state index in [9.17, 15) is 9.59 Å². The zero-order chi connectivity index (χ0) is 15.2. The normalized spacial score (nSPS) is 10.1. The average Bonchev–Trinajstić information content (AvgIpc) is 2.48. The van der Waals surface area contributed by atoms with E-state index in [-0.39, 0.29) is 11.1 Å². The Kier molecular flexibility index (Phi) is 4.56. The highest BCUT2D eigenvalue weighted by molar-refractivity contribution is 5.97. The number of carboxylic acids is 2. The zero-order valence-electron chi connectivity index (χ0n) is 11.2. The predicted molar refractivity (Wildman–Crippen MR) is 79.0 cm³/mol.